The number of benzene rings is 2. The number of anilines is 1. The third-order valence-corrected chi connectivity index (χ3v) is 4.48. The highest BCUT2D eigenvalue weighted by molar-refractivity contribution is 5.97. The fraction of sp³-hybridized carbons (Fsp3) is 0.278. The summed E-state index contributed by atoms with van der Waals surface area (Å²) in [6, 6.07) is 14.8. The van der Waals surface area contributed by atoms with Crippen molar-refractivity contribution in [2.45, 2.75) is 18.9 Å². The van der Waals surface area contributed by atoms with Crippen LogP contribution in [0.25, 0.3) is 22.0 Å². The van der Waals surface area contributed by atoms with Gasteiger partial charge in [0.15, 0.2) is 0 Å². The third kappa shape index (κ3) is 2.25. The number of aromatic amines is 1. The topological polar surface area (TPSA) is 52.1 Å². The molecule has 4 rings (SSSR count). The SMILES string of the molecule is OC1CCN(c2ccccc2-c2cccc3[nH]ncc23)CC1. The summed E-state index contributed by atoms with van der Waals surface area (Å²) in [7, 11) is 0. The number of rotatable bonds is 2. The van der Waals surface area contributed by atoms with Gasteiger partial charge in [-0.15, -0.1) is 0 Å². The average molecular weight is 293 g/mol. The van der Waals surface area contributed by atoms with Crippen LogP contribution in [-0.4, -0.2) is 34.5 Å². The van der Waals surface area contributed by atoms with E-state index >= 15 is 0 Å². The van der Waals surface area contributed by atoms with Gasteiger partial charge in [-0.2, -0.15) is 5.10 Å². The molecule has 4 heteroatoms. The molecule has 2 N–H and O–H groups in total. The van der Waals surface area contributed by atoms with Crippen LogP contribution in [0.2, 0.25) is 0 Å². The van der Waals surface area contributed by atoms with E-state index in [1.165, 1.54) is 16.8 Å². The molecule has 1 aliphatic rings. The first kappa shape index (κ1) is 13.3. The number of aliphatic hydroxyl groups excluding tert-OH is 1. The Morgan fingerprint density at radius 2 is 1.77 bits per heavy atom. The highest BCUT2D eigenvalue weighted by Crippen LogP contribution is 2.35. The molecule has 0 atom stereocenters. The number of H-pyrrole nitrogens is 1. The lowest BCUT2D eigenvalue weighted by molar-refractivity contribution is 0.145. The van der Waals surface area contributed by atoms with E-state index in [0.29, 0.717) is 0 Å². The molecule has 22 heavy (non-hydrogen) atoms. The molecular formula is C18H19N3O. The van der Waals surface area contributed by atoms with Gasteiger partial charge in [-0.25, -0.2) is 0 Å². The lowest BCUT2D eigenvalue weighted by Crippen LogP contribution is -2.36. The second kappa shape index (κ2) is 5.46. The van der Waals surface area contributed by atoms with E-state index in [0.717, 1.165) is 36.8 Å². The van der Waals surface area contributed by atoms with Gasteiger partial charge in [0.1, 0.15) is 0 Å². The summed E-state index contributed by atoms with van der Waals surface area (Å²) in [6.07, 6.45) is 3.41. The number of hydrogen-bond donors (Lipinski definition) is 2. The van der Waals surface area contributed by atoms with Crippen molar-refractivity contribution in [2.75, 3.05) is 18.0 Å². The third-order valence-electron chi connectivity index (χ3n) is 4.48. The highest BCUT2D eigenvalue weighted by atomic mass is 16.3. The first-order valence-corrected chi connectivity index (χ1v) is 7.77. The van der Waals surface area contributed by atoms with Crippen LogP contribution in [0.4, 0.5) is 5.69 Å². The summed E-state index contributed by atoms with van der Waals surface area (Å²) in [6.45, 7) is 1.80. The maximum atomic E-state index is 9.73. The Morgan fingerprint density at radius 1 is 1.00 bits per heavy atom. The van der Waals surface area contributed by atoms with Crippen molar-refractivity contribution in [3.63, 3.8) is 0 Å². The standard InChI is InChI=1S/C18H19N3O/c22-13-8-10-21(11-9-13)18-7-2-1-4-15(18)14-5-3-6-17-16(14)12-19-20-17/h1-7,12-13,22H,8-11H2,(H,19,20). The second-order valence-electron chi connectivity index (χ2n) is 5.87. The Hall–Kier alpha value is -2.33. The van der Waals surface area contributed by atoms with Gasteiger partial charge in [0, 0.05) is 29.7 Å². The average Bonchev–Trinajstić information content (AvgIpc) is 3.04. The fourth-order valence-corrected chi connectivity index (χ4v) is 3.29. The minimum absolute atomic E-state index is 0.152. The van der Waals surface area contributed by atoms with Crippen molar-refractivity contribution in [1.29, 1.82) is 0 Å². The quantitative estimate of drug-likeness (QED) is 0.763. The van der Waals surface area contributed by atoms with E-state index in [-0.39, 0.29) is 6.10 Å². The van der Waals surface area contributed by atoms with Gasteiger partial charge < -0.3 is 10.0 Å². The van der Waals surface area contributed by atoms with Crippen molar-refractivity contribution in [2.24, 2.45) is 0 Å². The zero-order valence-corrected chi connectivity index (χ0v) is 12.4. The monoisotopic (exact) mass is 293 g/mol. The number of aromatic nitrogens is 2. The van der Waals surface area contributed by atoms with Crippen molar-refractivity contribution in [3.8, 4) is 11.1 Å². The Bertz CT molecular complexity index is 788. The van der Waals surface area contributed by atoms with Gasteiger partial charge in [0.2, 0.25) is 0 Å². The maximum absolute atomic E-state index is 9.73. The fourth-order valence-electron chi connectivity index (χ4n) is 3.29. The Balaban J connectivity index is 1.81. The lowest BCUT2D eigenvalue weighted by atomic mass is 9.98. The number of nitrogens with zero attached hydrogens (tertiary/aromatic N) is 2. The molecule has 1 saturated heterocycles. The number of piperidine rings is 1. The van der Waals surface area contributed by atoms with Crippen LogP contribution >= 0.6 is 0 Å². The number of hydrogen-bond acceptors (Lipinski definition) is 3. The highest BCUT2D eigenvalue weighted by Gasteiger charge is 2.20. The maximum Gasteiger partial charge on any atom is 0.0656 e. The molecule has 2 aromatic carbocycles. The number of fused-ring (bicyclic) bond motifs is 1. The zero-order chi connectivity index (χ0) is 14.9. The van der Waals surface area contributed by atoms with Gasteiger partial charge in [-0.1, -0.05) is 30.3 Å². The number of nitrogens with one attached hydrogen (secondary N) is 1. The Morgan fingerprint density at radius 3 is 2.64 bits per heavy atom. The second-order valence-corrected chi connectivity index (χ2v) is 5.87. The van der Waals surface area contributed by atoms with E-state index in [1.807, 2.05) is 12.3 Å². The van der Waals surface area contributed by atoms with E-state index in [4.69, 9.17) is 0 Å². The van der Waals surface area contributed by atoms with Gasteiger partial charge in [-0.3, -0.25) is 5.10 Å². The minimum Gasteiger partial charge on any atom is -0.393 e. The van der Waals surface area contributed by atoms with Crippen LogP contribution in [0.5, 0.6) is 0 Å². The molecule has 1 fully saturated rings. The molecule has 1 aromatic heterocycles. The van der Waals surface area contributed by atoms with Crippen molar-refractivity contribution in [3.05, 3.63) is 48.7 Å². The molecule has 4 nitrogen and oxygen atoms in total. The van der Waals surface area contributed by atoms with E-state index in [1.54, 1.807) is 0 Å². The van der Waals surface area contributed by atoms with E-state index < -0.39 is 0 Å². The Labute approximate surface area is 129 Å². The van der Waals surface area contributed by atoms with Crippen LogP contribution < -0.4 is 4.90 Å². The van der Waals surface area contributed by atoms with Crippen molar-refractivity contribution >= 4 is 16.6 Å². The first-order chi connectivity index (χ1) is 10.8. The normalized spacial score (nSPS) is 16.3. The van der Waals surface area contributed by atoms with Crippen molar-refractivity contribution in [1.82, 2.24) is 10.2 Å². The number of aliphatic hydroxyl groups is 1. The van der Waals surface area contributed by atoms with Crippen LogP contribution in [0.3, 0.4) is 0 Å². The largest absolute Gasteiger partial charge is 0.393 e. The molecule has 0 radical (unpaired) electrons. The van der Waals surface area contributed by atoms with Crippen LogP contribution in [0, 0.1) is 0 Å². The van der Waals surface area contributed by atoms with Crippen LogP contribution in [0.1, 0.15) is 12.8 Å². The predicted molar refractivity (Wildman–Crippen MR) is 89.0 cm³/mol. The zero-order valence-electron chi connectivity index (χ0n) is 12.4. The summed E-state index contributed by atoms with van der Waals surface area (Å²) in [5, 5.41) is 18.1. The molecule has 1 aliphatic heterocycles. The predicted octanol–water partition coefficient (Wildman–Crippen LogP) is 3.19. The molecule has 0 saturated carbocycles. The molecule has 3 aromatic rings. The van der Waals surface area contributed by atoms with Crippen LogP contribution in [0.15, 0.2) is 48.7 Å². The van der Waals surface area contributed by atoms with Gasteiger partial charge >= 0.3 is 0 Å². The molecular weight excluding hydrogens is 274 g/mol. The molecule has 0 spiro atoms. The summed E-state index contributed by atoms with van der Waals surface area (Å²) >= 11 is 0. The molecule has 0 amide bonds. The summed E-state index contributed by atoms with van der Waals surface area (Å²) in [4.78, 5) is 2.38. The summed E-state index contributed by atoms with van der Waals surface area (Å²) < 4.78 is 0. The Kier molecular flexibility index (Phi) is 3.31. The minimum atomic E-state index is -0.152. The first-order valence-electron chi connectivity index (χ1n) is 7.77. The smallest absolute Gasteiger partial charge is 0.0656 e. The molecule has 112 valence electrons. The van der Waals surface area contributed by atoms with Crippen molar-refractivity contribution < 1.29 is 5.11 Å². The van der Waals surface area contributed by atoms with Gasteiger partial charge in [0.25, 0.3) is 0 Å². The molecule has 2 heterocycles. The van der Waals surface area contributed by atoms with E-state index in [9.17, 15) is 5.11 Å². The van der Waals surface area contributed by atoms with Gasteiger partial charge in [0.05, 0.1) is 17.8 Å². The number of para-hydroxylation sites is 1. The lowest BCUT2D eigenvalue weighted by Gasteiger charge is -2.33. The van der Waals surface area contributed by atoms with Crippen LogP contribution in [-0.2, 0) is 0 Å². The van der Waals surface area contributed by atoms with E-state index in [2.05, 4.69) is 51.5 Å². The summed E-state index contributed by atoms with van der Waals surface area (Å²) in [5.74, 6) is 0. The molecule has 0 aliphatic carbocycles. The molecule has 0 bridgehead atoms. The van der Waals surface area contributed by atoms with Gasteiger partial charge in [-0.05, 0) is 30.5 Å². The molecule has 0 unspecified atom stereocenters. The summed E-state index contributed by atoms with van der Waals surface area (Å²) in [5.41, 5.74) is 4.73.